The van der Waals surface area contributed by atoms with Crippen molar-refractivity contribution in [2.75, 3.05) is 13.2 Å². The second-order valence-corrected chi connectivity index (χ2v) is 3.62. The van der Waals surface area contributed by atoms with Crippen LogP contribution in [0.15, 0.2) is 0 Å². The Morgan fingerprint density at radius 1 is 1.06 bits per heavy atom. The van der Waals surface area contributed by atoms with E-state index in [4.69, 9.17) is 4.74 Å². The van der Waals surface area contributed by atoms with Crippen LogP contribution in [0, 0.1) is 0 Å². The van der Waals surface area contributed by atoms with Crippen molar-refractivity contribution in [3.63, 3.8) is 0 Å². The van der Waals surface area contributed by atoms with Gasteiger partial charge in [-0.05, 0) is 33.1 Å². The molecule has 0 aromatic rings. The van der Waals surface area contributed by atoms with E-state index in [2.05, 4.69) is 4.74 Å². The Hall–Kier alpha value is -1.13. The highest BCUT2D eigenvalue weighted by Crippen LogP contribution is 2.10. The van der Waals surface area contributed by atoms with E-state index < -0.39 is 12.1 Å². The molecule has 0 aromatic heterocycles. The summed E-state index contributed by atoms with van der Waals surface area (Å²) in [6.07, 6.45) is 0.899. The number of esters is 2. The van der Waals surface area contributed by atoms with Gasteiger partial charge in [0.2, 0.25) is 0 Å². The average Bonchev–Trinajstić information content (AvgIpc) is 2.29. The zero-order valence-electron chi connectivity index (χ0n) is 10.5. The van der Waals surface area contributed by atoms with E-state index in [0.717, 1.165) is 0 Å². The van der Waals surface area contributed by atoms with E-state index in [1.165, 1.54) is 0 Å². The fourth-order valence-electron chi connectivity index (χ4n) is 1.35. The minimum atomic E-state index is -1.54. The number of alkyl halides is 1. The van der Waals surface area contributed by atoms with Crippen molar-refractivity contribution in [2.45, 2.75) is 52.1 Å². The Labute approximate surface area is 101 Å². The maximum atomic E-state index is 13.1. The molecule has 0 aliphatic heterocycles. The molecule has 17 heavy (non-hydrogen) atoms. The summed E-state index contributed by atoms with van der Waals surface area (Å²) in [7, 11) is 0. The van der Waals surface area contributed by atoms with E-state index in [1.807, 2.05) is 0 Å². The molecular formula is C12H21FO4. The quantitative estimate of drug-likeness (QED) is 0.464. The van der Waals surface area contributed by atoms with Crippen LogP contribution >= 0.6 is 0 Å². The van der Waals surface area contributed by atoms with Gasteiger partial charge in [-0.1, -0.05) is 6.42 Å². The molecule has 0 spiro atoms. The number of hydrogen-bond acceptors (Lipinski definition) is 4. The van der Waals surface area contributed by atoms with Gasteiger partial charge >= 0.3 is 11.9 Å². The van der Waals surface area contributed by atoms with Gasteiger partial charge in [-0.2, -0.15) is 0 Å². The second-order valence-electron chi connectivity index (χ2n) is 3.62. The van der Waals surface area contributed by atoms with Gasteiger partial charge in [0.1, 0.15) is 0 Å². The second kappa shape index (κ2) is 10.1. The number of carbonyl (C=O) groups excluding carboxylic acids is 2. The third-order valence-corrected chi connectivity index (χ3v) is 2.19. The molecule has 4 nitrogen and oxygen atoms in total. The van der Waals surface area contributed by atoms with Gasteiger partial charge in [-0.25, -0.2) is 9.18 Å². The van der Waals surface area contributed by atoms with Crippen molar-refractivity contribution in [3.05, 3.63) is 0 Å². The third kappa shape index (κ3) is 8.65. The maximum absolute atomic E-state index is 13.1. The van der Waals surface area contributed by atoms with Crippen molar-refractivity contribution in [1.29, 1.82) is 0 Å². The van der Waals surface area contributed by atoms with E-state index in [1.54, 1.807) is 13.8 Å². The molecule has 0 saturated carbocycles. The van der Waals surface area contributed by atoms with E-state index in [-0.39, 0.29) is 19.0 Å². The number of ether oxygens (including phenoxy) is 2. The molecule has 0 N–H and O–H groups in total. The summed E-state index contributed by atoms with van der Waals surface area (Å²) in [5.41, 5.74) is 0. The van der Waals surface area contributed by atoms with Crippen LogP contribution in [-0.4, -0.2) is 31.3 Å². The van der Waals surface area contributed by atoms with Gasteiger partial charge in [-0.3, -0.25) is 4.79 Å². The number of hydrogen-bond donors (Lipinski definition) is 0. The van der Waals surface area contributed by atoms with Crippen LogP contribution < -0.4 is 0 Å². The van der Waals surface area contributed by atoms with Crippen molar-refractivity contribution >= 4 is 11.9 Å². The molecule has 0 aliphatic rings. The van der Waals surface area contributed by atoms with Gasteiger partial charge in [0.05, 0.1) is 13.2 Å². The highest BCUT2D eigenvalue weighted by Gasteiger charge is 2.17. The predicted octanol–water partition coefficient (Wildman–Crippen LogP) is 2.40. The van der Waals surface area contributed by atoms with Gasteiger partial charge in [0, 0.05) is 6.42 Å². The molecule has 0 radical (unpaired) electrons. The van der Waals surface area contributed by atoms with Crippen LogP contribution in [0.2, 0.25) is 0 Å². The first-order chi connectivity index (χ1) is 8.11. The summed E-state index contributed by atoms with van der Waals surface area (Å²) >= 11 is 0. The fourth-order valence-corrected chi connectivity index (χ4v) is 1.35. The third-order valence-electron chi connectivity index (χ3n) is 2.19. The van der Waals surface area contributed by atoms with E-state index in [0.29, 0.717) is 32.3 Å². The summed E-state index contributed by atoms with van der Waals surface area (Å²) in [6.45, 7) is 3.98. The molecule has 0 heterocycles. The van der Waals surface area contributed by atoms with Gasteiger partial charge in [-0.15, -0.1) is 0 Å². The standard InChI is InChI=1S/C12H21FO4/c1-3-16-11(14)9-7-5-6-8-10(13)12(15)17-4-2/h10H,3-9H2,1-2H3. The lowest BCUT2D eigenvalue weighted by atomic mass is 10.1. The molecular weight excluding hydrogens is 227 g/mol. The van der Waals surface area contributed by atoms with Crippen LogP contribution in [0.4, 0.5) is 4.39 Å². The predicted molar refractivity (Wildman–Crippen MR) is 61.2 cm³/mol. The monoisotopic (exact) mass is 248 g/mol. The number of halogens is 1. The first-order valence-electron chi connectivity index (χ1n) is 6.08. The Morgan fingerprint density at radius 3 is 2.29 bits per heavy atom. The molecule has 1 atom stereocenters. The first kappa shape index (κ1) is 15.9. The zero-order valence-corrected chi connectivity index (χ0v) is 10.5. The van der Waals surface area contributed by atoms with Crippen molar-refractivity contribution in [2.24, 2.45) is 0 Å². The molecule has 5 heteroatoms. The maximum Gasteiger partial charge on any atom is 0.340 e. The highest BCUT2D eigenvalue weighted by atomic mass is 19.1. The summed E-state index contributed by atoms with van der Waals surface area (Å²) in [6, 6.07) is 0. The Balaban J connectivity index is 3.45. The summed E-state index contributed by atoms with van der Waals surface area (Å²) < 4.78 is 22.4. The zero-order chi connectivity index (χ0) is 13.1. The smallest absolute Gasteiger partial charge is 0.340 e. The van der Waals surface area contributed by atoms with E-state index >= 15 is 0 Å². The lowest BCUT2D eigenvalue weighted by Crippen LogP contribution is -2.18. The number of unbranched alkanes of at least 4 members (excludes halogenated alkanes) is 2. The lowest BCUT2D eigenvalue weighted by Gasteiger charge is -2.07. The van der Waals surface area contributed by atoms with Crippen LogP contribution in [0.1, 0.15) is 46.0 Å². The Kier molecular flexibility index (Phi) is 9.38. The molecule has 0 aliphatic carbocycles. The highest BCUT2D eigenvalue weighted by molar-refractivity contribution is 5.74. The normalized spacial score (nSPS) is 11.9. The van der Waals surface area contributed by atoms with Crippen molar-refractivity contribution in [1.82, 2.24) is 0 Å². The Bertz CT molecular complexity index is 231. The van der Waals surface area contributed by atoms with Crippen LogP contribution in [0.3, 0.4) is 0 Å². The number of carbonyl (C=O) groups is 2. The van der Waals surface area contributed by atoms with Gasteiger partial charge in [0.15, 0.2) is 6.17 Å². The molecule has 1 unspecified atom stereocenters. The largest absolute Gasteiger partial charge is 0.466 e. The SMILES string of the molecule is CCOC(=O)CCCCCC(F)C(=O)OCC. The molecule has 0 amide bonds. The van der Waals surface area contributed by atoms with Crippen molar-refractivity contribution < 1.29 is 23.5 Å². The lowest BCUT2D eigenvalue weighted by molar-refractivity contribution is -0.149. The molecule has 0 fully saturated rings. The molecule has 0 aromatic carbocycles. The minimum Gasteiger partial charge on any atom is -0.466 e. The molecule has 100 valence electrons. The van der Waals surface area contributed by atoms with Gasteiger partial charge in [0.25, 0.3) is 0 Å². The number of rotatable bonds is 9. The van der Waals surface area contributed by atoms with E-state index in [9.17, 15) is 14.0 Å². The van der Waals surface area contributed by atoms with Crippen LogP contribution in [-0.2, 0) is 19.1 Å². The fraction of sp³-hybridized carbons (Fsp3) is 0.833. The summed E-state index contributed by atoms with van der Waals surface area (Å²) in [5, 5.41) is 0. The summed E-state index contributed by atoms with van der Waals surface area (Å²) in [4.78, 5) is 21.9. The van der Waals surface area contributed by atoms with Gasteiger partial charge < -0.3 is 9.47 Å². The molecule has 0 bridgehead atoms. The summed E-state index contributed by atoms with van der Waals surface area (Å²) in [5.74, 6) is -1.02. The minimum absolute atomic E-state index is 0.154. The first-order valence-corrected chi connectivity index (χ1v) is 6.08. The average molecular weight is 248 g/mol. The van der Waals surface area contributed by atoms with Crippen LogP contribution in [0.25, 0.3) is 0 Å². The van der Waals surface area contributed by atoms with Crippen molar-refractivity contribution in [3.8, 4) is 0 Å². The van der Waals surface area contributed by atoms with Crippen LogP contribution in [0.5, 0.6) is 0 Å². The molecule has 0 saturated heterocycles. The topological polar surface area (TPSA) is 52.6 Å². The molecule has 0 rings (SSSR count). The Morgan fingerprint density at radius 2 is 1.71 bits per heavy atom.